The minimum Gasteiger partial charge on any atom is -0.289 e. The van der Waals surface area contributed by atoms with E-state index in [1.165, 1.54) is 6.08 Å². The fraction of sp³-hybridized carbons (Fsp3) is 0. The molecular formula is C25H15Br2FO. The van der Waals surface area contributed by atoms with Crippen LogP contribution in [0.4, 0.5) is 4.39 Å². The summed E-state index contributed by atoms with van der Waals surface area (Å²) >= 11 is 6.92. The second-order valence-electron chi connectivity index (χ2n) is 6.58. The van der Waals surface area contributed by atoms with Gasteiger partial charge in [-0.3, -0.25) is 4.79 Å². The number of halogens is 3. The Kier molecular flexibility index (Phi) is 5.74. The number of fused-ring (bicyclic) bond motifs is 1. The summed E-state index contributed by atoms with van der Waals surface area (Å²) in [5.41, 5.74) is 4.01. The second kappa shape index (κ2) is 8.44. The number of ketones is 1. The largest absolute Gasteiger partial charge is 0.289 e. The predicted molar refractivity (Wildman–Crippen MR) is 123 cm³/mol. The molecule has 3 aromatic rings. The third-order valence-electron chi connectivity index (χ3n) is 4.71. The molecule has 29 heavy (non-hydrogen) atoms. The molecule has 0 atom stereocenters. The van der Waals surface area contributed by atoms with Crippen molar-refractivity contribution in [2.24, 2.45) is 0 Å². The van der Waals surface area contributed by atoms with Crippen LogP contribution in [-0.4, -0.2) is 5.78 Å². The molecule has 3 aromatic carbocycles. The molecule has 1 aliphatic rings. The molecule has 0 aromatic heterocycles. The summed E-state index contributed by atoms with van der Waals surface area (Å²) in [5, 5.41) is 0. The minimum absolute atomic E-state index is 0.177. The third-order valence-corrected chi connectivity index (χ3v) is 5.77. The van der Waals surface area contributed by atoms with Gasteiger partial charge in [-0.25, -0.2) is 4.39 Å². The van der Waals surface area contributed by atoms with E-state index in [0.717, 1.165) is 25.6 Å². The van der Waals surface area contributed by atoms with Crippen LogP contribution < -0.4 is 0 Å². The Hall–Kier alpha value is -2.56. The van der Waals surface area contributed by atoms with Crippen LogP contribution in [0.2, 0.25) is 0 Å². The zero-order chi connectivity index (χ0) is 20.4. The third kappa shape index (κ3) is 4.24. The van der Waals surface area contributed by atoms with E-state index in [1.54, 1.807) is 30.3 Å². The Morgan fingerprint density at radius 1 is 0.759 bits per heavy atom. The Morgan fingerprint density at radius 2 is 1.28 bits per heavy atom. The van der Waals surface area contributed by atoms with Crippen molar-refractivity contribution in [3.63, 3.8) is 0 Å². The molecular weight excluding hydrogens is 495 g/mol. The number of allylic oxidation sites excluding steroid dienone is 4. The van der Waals surface area contributed by atoms with Crippen LogP contribution in [0.3, 0.4) is 0 Å². The van der Waals surface area contributed by atoms with Gasteiger partial charge in [-0.2, -0.15) is 0 Å². The number of carbonyl (C=O) groups is 1. The van der Waals surface area contributed by atoms with Crippen LogP contribution in [0.15, 0.2) is 106 Å². The van der Waals surface area contributed by atoms with Crippen molar-refractivity contribution in [3.05, 3.63) is 128 Å². The number of hydrogen-bond donors (Lipinski definition) is 0. The first kappa shape index (κ1) is 19.7. The Morgan fingerprint density at radius 3 is 1.83 bits per heavy atom. The zero-order valence-corrected chi connectivity index (χ0v) is 18.4. The van der Waals surface area contributed by atoms with E-state index >= 15 is 0 Å². The van der Waals surface area contributed by atoms with E-state index in [-0.39, 0.29) is 5.78 Å². The molecule has 1 nitrogen and oxygen atoms in total. The van der Waals surface area contributed by atoms with Gasteiger partial charge in [-0.15, -0.1) is 0 Å². The summed E-state index contributed by atoms with van der Waals surface area (Å²) in [5.74, 6) is -0.571. The first-order valence-electron chi connectivity index (χ1n) is 8.98. The molecule has 0 bridgehead atoms. The van der Waals surface area contributed by atoms with Crippen LogP contribution in [0, 0.1) is 0 Å². The number of rotatable bonds is 3. The lowest BCUT2D eigenvalue weighted by atomic mass is 9.90. The van der Waals surface area contributed by atoms with Crippen LogP contribution in [0.25, 0.3) is 11.4 Å². The van der Waals surface area contributed by atoms with Gasteiger partial charge in [0.05, 0.1) is 0 Å². The monoisotopic (exact) mass is 508 g/mol. The highest BCUT2D eigenvalue weighted by Crippen LogP contribution is 2.31. The van der Waals surface area contributed by atoms with Crippen molar-refractivity contribution >= 4 is 49.0 Å². The van der Waals surface area contributed by atoms with Crippen molar-refractivity contribution in [2.75, 3.05) is 0 Å². The molecule has 0 amide bonds. The Labute approximate surface area is 185 Å². The van der Waals surface area contributed by atoms with Gasteiger partial charge in [0.2, 0.25) is 0 Å². The maximum atomic E-state index is 14.5. The average Bonchev–Trinajstić information content (AvgIpc) is 2.74. The SMILES string of the molecule is O=C1/C(=C\C=C(c2ccc(Br)cc2)c2ccc(Br)cc2)C=C(F)c2ccccc21. The summed E-state index contributed by atoms with van der Waals surface area (Å²) < 4.78 is 16.5. The molecule has 1 aliphatic carbocycles. The maximum absolute atomic E-state index is 14.5. The van der Waals surface area contributed by atoms with Gasteiger partial charge in [-0.1, -0.05) is 92.5 Å². The predicted octanol–water partition coefficient (Wildman–Crippen LogP) is 7.78. The minimum atomic E-state index is -0.395. The molecule has 0 aliphatic heterocycles. The highest BCUT2D eigenvalue weighted by atomic mass is 79.9. The van der Waals surface area contributed by atoms with Crippen LogP contribution in [0.5, 0.6) is 0 Å². The Balaban J connectivity index is 1.81. The van der Waals surface area contributed by atoms with E-state index in [4.69, 9.17) is 0 Å². The molecule has 0 heterocycles. The number of carbonyl (C=O) groups excluding carboxylic acids is 1. The fourth-order valence-electron chi connectivity index (χ4n) is 3.24. The molecule has 0 saturated heterocycles. The topological polar surface area (TPSA) is 17.1 Å². The average molecular weight is 510 g/mol. The van der Waals surface area contributed by atoms with Crippen molar-refractivity contribution < 1.29 is 9.18 Å². The lowest BCUT2D eigenvalue weighted by Gasteiger charge is -2.13. The van der Waals surface area contributed by atoms with Gasteiger partial charge in [0.25, 0.3) is 0 Å². The maximum Gasteiger partial charge on any atom is 0.193 e. The van der Waals surface area contributed by atoms with Gasteiger partial charge in [-0.05, 0) is 47.0 Å². The van der Waals surface area contributed by atoms with Crippen molar-refractivity contribution in [2.45, 2.75) is 0 Å². The van der Waals surface area contributed by atoms with Gasteiger partial charge in [0.15, 0.2) is 5.78 Å². The van der Waals surface area contributed by atoms with Crippen LogP contribution >= 0.6 is 31.9 Å². The van der Waals surface area contributed by atoms with E-state index in [0.29, 0.717) is 16.7 Å². The van der Waals surface area contributed by atoms with Crippen molar-refractivity contribution in [1.82, 2.24) is 0 Å². The van der Waals surface area contributed by atoms with Crippen molar-refractivity contribution in [1.29, 1.82) is 0 Å². The smallest absolute Gasteiger partial charge is 0.193 e. The molecule has 4 rings (SSSR count). The summed E-state index contributed by atoms with van der Waals surface area (Å²) in [6, 6.07) is 22.7. The van der Waals surface area contributed by atoms with E-state index in [9.17, 15) is 9.18 Å². The van der Waals surface area contributed by atoms with Crippen LogP contribution in [-0.2, 0) is 0 Å². The molecule has 0 N–H and O–H groups in total. The molecule has 0 unspecified atom stereocenters. The number of hydrogen-bond acceptors (Lipinski definition) is 1. The van der Waals surface area contributed by atoms with Crippen molar-refractivity contribution in [3.8, 4) is 0 Å². The first-order chi connectivity index (χ1) is 14.0. The van der Waals surface area contributed by atoms with Gasteiger partial charge < -0.3 is 0 Å². The Bertz CT molecular complexity index is 1120. The van der Waals surface area contributed by atoms with Gasteiger partial charge >= 0.3 is 0 Å². The summed E-state index contributed by atoms with van der Waals surface area (Å²) in [6.45, 7) is 0. The zero-order valence-electron chi connectivity index (χ0n) is 15.2. The first-order valence-corrected chi connectivity index (χ1v) is 10.6. The van der Waals surface area contributed by atoms with Gasteiger partial charge in [0.1, 0.15) is 5.83 Å². The van der Waals surface area contributed by atoms with E-state index in [1.807, 2.05) is 54.6 Å². The lowest BCUT2D eigenvalue weighted by molar-refractivity contribution is 0.103. The molecule has 0 saturated carbocycles. The standard InChI is InChI=1S/C25H15Br2FO/c26-19-10-5-16(6-11-19)21(17-7-12-20(27)13-8-17)14-9-18-15-24(28)22-3-1-2-4-23(22)25(18)29/h1-15H/b18-9-. The highest BCUT2D eigenvalue weighted by Gasteiger charge is 2.22. The quantitative estimate of drug-likeness (QED) is 0.329. The molecule has 0 fully saturated rings. The number of benzene rings is 3. The lowest BCUT2D eigenvalue weighted by Crippen LogP contribution is -2.09. The summed E-state index contributed by atoms with van der Waals surface area (Å²) in [6.07, 6.45) is 4.87. The summed E-state index contributed by atoms with van der Waals surface area (Å²) in [4.78, 5) is 12.8. The molecule has 142 valence electrons. The fourth-order valence-corrected chi connectivity index (χ4v) is 3.77. The normalized spacial score (nSPS) is 14.4. The highest BCUT2D eigenvalue weighted by molar-refractivity contribution is 9.10. The number of Topliss-reactive ketones (excluding diaryl/α,β-unsaturated/α-hetero) is 1. The van der Waals surface area contributed by atoms with E-state index < -0.39 is 5.83 Å². The van der Waals surface area contributed by atoms with Crippen LogP contribution in [0.1, 0.15) is 27.0 Å². The molecule has 4 heteroatoms. The van der Waals surface area contributed by atoms with Gasteiger partial charge in [0, 0.05) is 25.6 Å². The van der Waals surface area contributed by atoms with E-state index in [2.05, 4.69) is 31.9 Å². The molecule has 0 spiro atoms. The molecule has 0 radical (unpaired) electrons. The second-order valence-corrected chi connectivity index (χ2v) is 8.41. The summed E-state index contributed by atoms with van der Waals surface area (Å²) in [7, 11) is 0.